The predicted octanol–water partition coefficient (Wildman–Crippen LogP) is 2.91. The molecule has 0 amide bonds. The van der Waals surface area contributed by atoms with Crippen LogP contribution in [0.1, 0.15) is 30.9 Å². The molecule has 19 heavy (non-hydrogen) atoms. The van der Waals surface area contributed by atoms with Gasteiger partial charge in [0, 0.05) is 18.7 Å². The summed E-state index contributed by atoms with van der Waals surface area (Å²) in [6.45, 7) is 3.93. The molecular weight excluding hydrogens is 245 g/mol. The van der Waals surface area contributed by atoms with Crippen molar-refractivity contribution in [2.75, 3.05) is 6.54 Å². The fraction of sp³-hybridized carbons (Fsp3) is 0.400. The summed E-state index contributed by atoms with van der Waals surface area (Å²) in [6.07, 6.45) is 4.81. The van der Waals surface area contributed by atoms with E-state index in [0.717, 1.165) is 18.2 Å². The molecule has 4 heteroatoms. The first-order chi connectivity index (χ1) is 9.04. The Labute approximate surface area is 112 Å². The highest BCUT2D eigenvalue weighted by molar-refractivity contribution is 5.85. The molecule has 1 aliphatic heterocycles. The maximum absolute atomic E-state index is 13.5. The average Bonchev–Trinajstić information content (AvgIpc) is 2.72. The van der Waals surface area contributed by atoms with Crippen LogP contribution in [-0.2, 0) is 11.3 Å². The van der Waals surface area contributed by atoms with Crippen LogP contribution in [0.15, 0.2) is 24.3 Å². The Morgan fingerprint density at radius 2 is 2.32 bits per heavy atom. The van der Waals surface area contributed by atoms with Crippen molar-refractivity contribution in [3.63, 3.8) is 0 Å². The minimum Gasteiger partial charge on any atom is -0.478 e. The lowest BCUT2D eigenvalue weighted by molar-refractivity contribution is -0.131. The van der Waals surface area contributed by atoms with E-state index in [1.165, 1.54) is 31.1 Å². The monoisotopic (exact) mass is 263 g/mol. The van der Waals surface area contributed by atoms with Crippen molar-refractivity contribution in [2.45, 2.75) is 32.4 Å². The highest BCUT2D eigenvalue weighted by Gasteiger charge is 2.20. The minimum atomic E-state index is -1.03. The maximum Gasteiger partial charge on any atom is 0.328 e. The van der Waals surface area contributed by atoms with Crippen LogP contribution in [0.25, 0.3) is 6.08 Å². The number of halogens is 1. The molecule has 2 rings (SSSR count). The highest BCUT2D eigenvalue weighted by Crippen LogP contribution is 2.20. The summed E-state index contributed by atoms with van der Waals surface area (Å²) in [5, 5.41) is 8.59. The second kappa shape index (κ2) is 5.97. The lowest BCUT2D eigenvalue weighted by Crippen LogP contribution is -2.26. The third-order valence-corrected chi connectivity index (χ3v) is 3.47. The van der Waals surface area contributed by atoms with Crippen LogP contribution in [-0.4, -0.2) is 28.6 Å². The first kappa shape index (κ1) is 13.7. The lowest BCUT2D eigenvalue weighted by atomic mass is 10.1. The molecule has 102 valence electrons. The van der Waals surface area contributed by atoms with E-state index in [9.17, 15) is 9.18 Å². The van der Waals surface area contributed by atoms with Crippen molar-refractivity contribution in [1.82, 2.24) is 4.90 Å². The number of nitrogens with zero attached hydrogens (tertiary/aromatic N) is 1. The number of carboxylic acids is 1. The van der Waals surface area contributed by atoms with E-state index in [2.05, 4.69) is 11.8 Å². The second-order valence-electron chi connectivity index (χ2n) is 5.03. The van der Waals surface area contributed by atoms with Gasteiger partial charge in [-0.3, -0.25) is 4.90 Å². The number of rotatable bonds is 4. The number of aliphatic carboxylic acids is 1. The molecule has 3 nitrogen and oxygen atoms in total. The topological polar surface area (TPSA) is 40.5 Å². The van der Waals surface area contributed by atoms with Crippen LogP contribution >= 0.6 is 0 Å². The third kappa shape index (κ3) is 3.89. The Morgan fingerprint density at radius 1 is 1.53 bits per heavy atom. The Morgan fingerprint density at radius 3 is 2.95 bits per heavy atom. The Hall–Kier alpha value is -1.68. The van der Waals surface area contributed by atoms with Gasteiger partial charge in [0.25, 0.3) is 0 Å². The highest BCUT2D eigenvalue weighted by atomic mass is 19.1. The number of carboxylic acid groups (broad SMARTS) is 1. The molecule has 1 atom stereocenters. The van der Waals surface area contributed by atoms with Gasteiger partial charge in [-0.25, -0.2) is 9.18 Å². The quantitative estimate of drug-likeness (QED) is 0.849. The smallest absolute Gasteiger partial charge is 0.328 e. The summed E-state index contributed by atoms with van der Waals surface area (Å²) >= 11 is 0. The zero-order valence-corrected chi connectivity index (χ0v) is 11.0. The van der Waals surface area contributed by atoms with Crippen molar-refractivity contribution in [2.24, 2.45) is 0 Å². The van der Waals surface area contributed by atoms with Crippen molar-refractivity contribution in [3.05, 3.63) is 41.2 Å². The molecule has 0 aliphatic carbocycles. The molecule has 1 aliphatic rings. The van der Waals surface area contributed by atoms with Crippen LogP contribution in [0.5, 0.6) is 0 Å². The van der Waals surface area contributed by atoms with Gasteiger partial charge in [-0.2, -0.15) is 0 Å². The van der Waals surface area contributed by atoms with E-state index in [0.29, 0.717) is 18.2 Å². The Kier molecular flexibility index (Phi) is 4.32. The molecule has 1 heterocycles. The SMILES string of the molecule is CC1CCCN1Cc1cc(F)cc(C=CC(=O)O)c1. The van der Waals surface area contributed by atoms with Crippen molar-refractivity contribution < 1.29 is 14.3 Å². The summed E-state index contributed by atoms with van der Waals surface area (Å²) in [6, 6.07) is 5.23. The van der Waals surface area contributed by atoms with Gasteiger partial charge in [0.2, 0.25) is 0 Å². The summed E-state index contributed by atoms with van der Waals surface area (Å²) in [5.41, 5.74) is 1.48. The molecule has 0 aromatic heterocycles. The Bertz CT molecular complexity index is 499. The van der Waals surface area contributed by atoms with E-state index in [-0.39, 0.29) is 5.82 Å². The van der Waals surface area contributed by atoms with E-state index in [1.807, 2.05) is 6.07 Å². The summed E-state index contributed by atoms with van der Waals surface area (Å²) < 4.78 is 13.5. The normalized spacial score (nSPS) is 20.2. The van der Waals surface area contributed by atoms with Crippen LogP contribution in [0.3, 0.4) is 0 Å². The van der Waals surface area contributed by atoms with Gasteiger partial charge in [0.1, 0.15) is 5.82 Å². The maximum atomic E-state index is 13.5. The van der Waals surface area contributed by atoms with E-state index >= 15 is 0 Å². The zero-order valence-electron chi connectivity index (χ0n) is 11.0. The summed E-state index contributed by atoms with van der Waals surface area (Å²) in [7, 11) is 0. The van der Waals surface area contributed by atoms with E-state index in [4.69, 9.17) is 5.11 Å². The van der Waals surface area contributed by atoms with Crippen LogP contribution in [0.2, 0.25) is 0 Å². The van der Waals surface area contributed by atoms with E-state index < -0.39 is 5.97 Å². The molecule has 1 saturated heterocycles. The number of carbonyl (C=O) groups is 1. The first-order valence-corrected chi connectivity index (χ1v) is 6.49. The van der Waals surface area contributed by atoms with Gasteiger partial charge < -0.3 is 5.11 Å². The Balaban J connectivity index is 2.14. The third-order valence-electron chi connectivity index (χ3n) is 3.47. The van der Waals surface area contributed by atoms with Crippen molar-refractivity contribution in [1.29, 1.82) is 0 Å². The minimum absolute atomic E-state index is 0.325. The molecule has 1 aromatic rings. The standard InChI is InChI=1S/C15H18FNO2/c1-11-3-2-6-17(11)10-13-7-12(4-5-15(18)19)8-14(16)9-13/h4-5,7-9,11H,2-3,6,10H2,1H3,(H,18,19). The van der Waals surface area contributed by atoms with Gasteiger partial charge in [-0.05, 0) is 55.6 Å². The zero-order chi connectivity index (χ0) is 13.8. The first-order valence-electron chi connectivity index (χ1n) is 6.49. The number of hydrogen-bond acceptors (Lipinski definition) is 2. The van der Waals surface area contributed by atoms with Gasteiger partial charge >= 0.3 is 5.97 Å². The van der Waals surface area contributed by atoms with Gasteiger partial charge in [-0.15, -0.1) is 0 Å². The molecule has 1 aromatic carbocycles. The summed E-state index contributed by atoms with van der Waals surface area (Å²) in [5.74, 6) is -1.35. The largest absolute Gasteiger partial charge is 0.478 e. The molecule has 0 bridgehead atoms. The predicted molar refractivity (Wildman–Crippen MR) is 72.2 cm³/mol. The molecular formula is C15H18FNO2. The van der Waals surface area contributed by atoms with Gasteiger partial charge in [0.15, 0.2) is 0 Å². The average molecular weight is 263 g/mol. The van der Waals surface area contributed by atoms with Gasteiger partial charge in [0.05, 0.1) is 0 Å². The molecule has 0 saturated carbocycles. The van der Waals surface area contributed by atoms with Crippen LogP contribution in [0.4, 0.5) is 4.39 Å². The molecule has 0 radical (unpaired) electrons. The molecule has 0 spiro atoms. The summed E-state index contributed by atoms with van der Waals surface area (Å²) in [4.78, 5) is 12.8. The number of benzene rings is 1. The number of hydrogen-bond donors (Lipinski definition) is 1. The van der Waals surface area contributed by atoms with Gasteiger partial charge in [-0.1, -0.05) is 6.07 Å². The number of likely N-dealkylation sites (tertiary alicyclic amines) is 1. The second-order valence-corrected chi connectivity index (χ2v) is 5.03. The van der Waals surface area contributed by atoms with E-state index in [1.54, 1.807) is 0 Å². The fourth-order valence-corrected chi connectivity index (χ4v) is 2.49. The van der Waals surface area contributed by atoms with Crippen LogP contribution in [0, 0.1) is 5.82 Å². The molecule has 1 fully saturated rings. The fourth-order valence-electron chi connectivity index (χ4n) is 2.49. The molecule has 1 N–H and O–H groups in total. The van der Waals surface area contributed by atoms with Crippen LogP contribution < -0.4 is 0 Å². The molecule has 1 unspecified atom stereocenters. The van der Waals surface area contributed by atoms with Crippen molar-refractivity contribution in [3.8, 4) is 0 Å². The van der Waals surface area contributed by atoms with Crippen molar-refractivity contribution >= 4 is 12.0 Å². The lowest BCUT2D eigenvalue weighted by Gasteiger charge is -2.21.